The number of pyridine rings is 2. The first-order chi connectivity index (χ1) is 8.24. The number of rotatable bonds is 1. The maximum Gasteiger partial charge on any atom is 0.200 e. The molecule has 0 aromatic carbocycles. The lowest BCUT2D eigenvalue weighted by Crippen LogP contribution is -1.92. The van der Waals surface area contributed by atoms with Crippen LogP contribution in [0.3, 0.4) is 0 Å². The molecule has 6 heteroatoms. The molecular formula is C11H9N5S. The Labute approximate surface area is 102 Å². The van der Waals surface area contributed by atoms with Crippen LogP contribution in [-0.4, -0.2) is 19.3 Å². The number of nitrogens with zero attached hydrogens (tertiary/aromatic N) is 4. The first kappa shape index (κ1) is 10.1. The zero-order valence-corrected chi connectivity index (χ0v) is 9.90. The summed E-state index contributed by atoms with van der Waals surface area (Å²) >= 11 is 1.18. The van der Waals surface area contributed by atoms with Gasteiger partial charge in [0, 0.05) is 29.3 Å². The fourth-order valence-electron chi connectivity index (χ4n) is 1.68. The van der Waals surface area contributed by atoms with E-state index in [-0.39, 0.29) is 0 Å². The van der Waals surface area contributed by atoms with Crippen molar-refractivity contribution in [1.82, 2.24) is 19.3 Å². The second-order valence-corrected chi connectivity index (χ2v) is 4.46. The van der Waals surface area contributed by atoms with E-state index in [1.54, 1.807) is 12.4 Å². The quantitative estimate of drug-likeness (QED) is 0.707. The van der Waals surface area contributed by atoms with Crippen LogP contribution in [0.2, 0.25) is 0 Å². The minimum absolute atomic E-state index is 0.455. The van der Waals surface area contributed by atoms with E-state index in [0.717, 1.165) is 22.2 Å². The normalized spacial score (nSPS) is 10.9. The number of nitrogens with two attached hydrogens (primary N) is 1. The van der Waals surface area contributed by atoms with Crippen LogP contribution in [0.25, 0.3) is 22.4 Å². The van der Waals surface area contributed by atoms with E-state index in [0.29, 0.717) is 11.0 Å². The van der Waals surface area contributed by atoms with E-state index >= 15 is 0 Å². The molecule has 0 saturated carbocycles. The number of aromatic nitrogens is 4. The van der Waals surface area contributed by atoms with Crippen molar-refractivity contribution in [1.29, 1.82) is 0 Å². The third-order valence-corrected chi connectivity index (χ3v) is 3.00. The summed E-state index contributed by atoms with van der Waals surface area (Å²) in [6, 6.07) is 3.90. The Morgan fingerprint density at radius 2 is 2.18 bits per heavy atom. The van der Waals surface area contributed by atoms with Crippen LogP contribution in [-0.2, 0) is 0 Å². The molecule has 0 bridgehead atoms. The van der Waals surface area contributed by atoms with Crippen molar-refractivity contribution in [3.63, 3.8) is 0 Å². The summed E-state index contributed by atoms with van der Waals surface area (Å²) in [4.78, 5) is 12.8. The molecule has 0 aliphatic carbocycles. The highest BCUT2D eigenvalue weighted by atomic mass is 32.1. The monoisotopic (exact) mass is 243 g/mol. The Bertz CT molecular complexity index is 691. The summed E-state index contributed by atoms with van der Waals surface area (Å²) in [6.07, 6.45) is 3.51. The number of hydrogen-bond donors (Lipinski definition) is 1. The standard InChI is InChI=1S/C11H9N5S/c1-6-4-7-5-13-3-2-8(7)14-9(6)10-15-11(12)17-16-10/h2-5H,1H3,(H2,12,15,16). The molecule has 0 spiro atoms. The van der Waals surface area contributed by atoms with Gasteiger partial charge in [-0.05, 0) is 24.6 Å². The Morgan fingerprint density at radius 1 is 1.29 bits per heavy atom. The summed E-state index contributed by atoms with van der Waals surface area (Å²) in [6.45, 7) is 1.98. The molecule has 0 saturated heterocycles. The second-order valence-electron chi connectivity index (χ2n) is 3.68. The van der Waals surface area contributed by atoms with Gasteiger partial charge in [0.2, 0.25) is 0 Å². The molecule has 0 unspecified atom stereocenters. The lowest BCUT2D eigenvalue weighted by atomic mass is 10.1. The van der Waals surface area contributed by atoms with Gasteiger partial charge in [-0.1, -0.05) is 0 Å². The fraction of sp³-hybridized carbons (Fsp3) is 0.0909. The van der Waals surface area contributed by atoms with Gasteiger partial charge < -0.3 is 5.73 Å². The van der Waals surface area contributed by atoms with Gasteiger partial charge in [0.15, 0.2) is 11.0 Å². The first-order valence-electron chi connectivity index (χ1n) is 5.05. The van der Waals surface area contributed by atoms with Crippen molar-refractivity contribution in [2.45, 2.75) is 6.92 Å². The molecule has 0 amide bonds. The molecule has 3 rings (SSSR count). The smallest absolute Gasteiger partial charge is 0.200 e. The second kappa shape index (κ2) is 3.74. The van der Waals surface area contributed by atoms with E-state index in [1.165, 1.54) is 11.5 Å². The highest BCUT2D eigenvalue weighted by molar-refractivity contribution is 7.09. The SMILES string of the molecule is Cc1cc2cnccc2nc1-c1nsc(N)n1. The van der Waals surface area contributed by atoms with E-state index in [2.05, 4.69) is 19.3 Å². The predicted molar refractivity (Wildman–Crippen MR) is 67.6 cm³/mol. The van der Waals surface area contributed by atoms with Crippen molar-refractivity contribution >= 4 is 27.6 Å². The lowest BCUT2D eigenvalue weighted by molar-refractivity contribution is 1.22. The number of hydrogen-bond acceptors (Lipinski definition) is 6. The Kier molecular flexibility index (Phi) is 2.22. The van der Waals surface area contributed by atoms with Crippen LogP contribution < -0.4 is 5.73 Å². The molecule has 0 radical (unpaired) electrons. The average Bonchev–Trinajstić information content (AvgIpc) is 2.75. The summed E-state index contributed by atoms with van der Waals surface area (Å²) in [7, 11) is 0. The molecule has 0 aliphatic rings. The molecule has 0 aliphatic heterocycles. The average molecular weight is 243 g/mol. The van der Waals surface area contributed by atoms with Crippen LogP contribution in [0.5, 0.6) is 0 Å². The molecule has 3 aromatic heterocycles. The number of fused-ring (bicyclic) bond motifs is 1. The Balaban J connectivity index is 2.26. The summed E-state index contributed by atoms with van der Waals surface area (Å²) in [5.41, 5.74) is 8.26. The Hall–Kier alpha value is -2.08. The van der Waals surface area contributed by atoms with Gasteiger partial charge in [-0.25, -0.2) is 4.98 Å². The van der Waals surface area contributed by atoms with Gasteiger partial charge in [0.25, 0.3) is 0 Å². The van der Waals surface area contributed by atoms with E-state index in [4.69, 9.17) is 5.73 Å². The molecule has 0 atom stereocenters. The third-order valence-electron chi connectivity index (χ3n) is 2.46. The zero-order valence-electron chi connectivity index (χ0n) is 9.08. The maximum absolute atomic E-state index is 5.59. The third kappa shape index (κ3) is 1.72. The molecule has 17 heavy (non-hydrogen) atoms. The van der Waals surface area contributed by atoms with Gasteiger partial charge in [0.1, 0.15) is 5.69 Å². The molecule has 84 valence electrons. The van der Waals surface area contributed by atoms with Gasteiger partial charge in [-0.3, -0.25) is 4.98 Å². The van der Waals surface area contributed by atoms with Crippen molar-refractivity contribution < 1.29 is 0 Å². The largest absolute Gasteiger partial charge is 0.374 e. The van der Waals surface area contributed by atoms with Gasteiger partial charge in [0.05, 0.1) is 5.52 Å². The van der Waals surface area contributed by atoms with Crippen LogP contribution in [0.4, 0.5) is 5.13 Å². The minimum Gasteiger partial charge on any atom is -0.374 e. The van der Waals surface area contributed by atoms with Crippen LogP contribution >= 0.6 is 11.5 Å². The topological polar surface area (TPSA) is 77.6 Å². The van der Waals surface area contributed by atoms with E-state index in [9.17, 15) is 0 Å². The van der Waals surface area contributed by atoms with Crippen molar-refractivity contribution in [2.24, 2.45) is 0 Å². The predicted octanol–water partition coefficient (Wildman–Crippen LogP) is 2.04. The summed E-state index contributed by atoms with van der Waals surface area (Å²) < 4.78 is 4.18. The Morgan fingerprint density at radius 3 is 2.94 bits per heavy atom. The van der Waals surface area contributed by atoms with Crippen LogP contribution in [0, 0.1) is 6.92 Å². The fourth-order valence-corrected chi connectivity index (χ4v) is 2.11. The molecule has 0 fully saturated rings. The summed E-state index contributed by atoms with van der Waals surface area (Å²) in [5.74, 6) is 0.587. The summed E-state index contributed by atoms with van der Waals surface area (Å²) in [5, 5.41) is 1.47. The van der Waals surface area contributed by atoms with Gasteiger partial charge in [-0.15, -0.1) is 0 Å². The lowest BCUT2D eigenvalue weighted by Gasteiger charge is -2.03. The van der Waals surface area contributed by atoms with Crippen LogP contribution in [0.1, 0.15) is 5.56 Å². The molecular weight excluding hydrogens is 234 g/mol. The number of aryl methyl sites for hydroxylation is 1. The number of nitrogen functional groups attached to an aromatic ring is 1. The number of anilines is 1. The molecule has 3 heterocycles. The zero-order chi connectivity index (χ0) is 11.8. The van der Waals surface area contributed by atoms with Crippen LogP contribution in [0.15, 0.2) is 24.5 Å². The van der Waals surface area contributed by atoms with Crippen molar-refractivity contribution in [2.75, 3.05) is 5.73 Å². The highest BCUT2D eigenvalue weighted by Gasteiger charge is 2.10. The maximum atomic E-state index is 5.59. The van der Waals surface area contributed by atoms with Gasteiger partial charge >= 0.3 is 0 Å². The molecule has 3 aromatic rings. The van der Waals surface area contributed by atoms with E-state index < -0.39 is 0 Å². The van der Waals surface area contributed by atoms with Crippen molar-refractivity contribution in [3.05, 3.63) is 30.1 Å². The first-order valence-corrected chi connectivity index (χ1v) is 5.82. The minimum atomic E-state index is 0.455. The van der Waals surface area contributed by atoms with Gasteiger partial charge in [-0.2, -0.15) is 9.36 Å². The van der Waals surface area contributed by atoms with Crippen molar-refractivity contribution in [3.8, 4) is 11.5 Å². The van der Waals surface area contributed by atoms with E-state index in [1.807, 2.05) is 19.1 Å². The molecule has 2 N–H and O–H groups in total. The highest BCUT2D eigenvalue weighted by Crippen LogP contribution is 2.24. The molecule has 5 nitrogen and oxygen atoms in total.